The first-order chi connectivity index (χ1) is 3.31. The van der Waals surface area contributed by atoms with Crippen molar-refractivity contribution in [2.75, 3.05) is 13.4 Å². The molecule has 1 atom stereocenters. The van der Waals surface area contributed by atoms with Gasteiger partial charge in [0.15, 0.2) is 6.29 Å². The molecule has 0 aromatic rings. The first-order valence-corrected chi connectivity index (χ1v) is 3.18. The Morgan fingerprint density at radius 1 is 1.57 bits per heavy atom. The Kier molecular flexibility index (Phi) is 4.60. The number of hydrogen-bond donors (Lipinski definition) is 0. The predicted molar refractivity (Wildman–Crippen MR) is 31.1 cm³/mol. The van der Waals surface area contributed by atoms with Crippen LogP contribution in [0.25, 0.3) is 0 Å². The van der Waals surface area contributed by atoms with Crippen molar-refractivity contribution in [3.8, 4) is 0 Å². The average Bonchev–Trinajstić information content (AvgIpc) is 1.68. The van der Waals surface area contributed by atoms with Crippen molar-refractivity contribution < 1.29 is 8.92 Å². The average molecular weight is 122 g/mol. The zero-order chi connectivity index (χ0) is 5.70. The zero-order valence-electron chi connectivity index (χ0n) is 4.80. The topological polar surface area (TPSA) is 18.5 Å². The van der Waals surface area contributed by atoms with Crippen LogP contribution in [0.2, 0.25) is 0 Å². The summed E-state index contributed by atoms with van der Waals surface area (Å²) in [6.07, 6.45) is 1.77. The van der Waals surface area contributed by atoms with Crippen LogP contribution in [0.15, 0.2) is 0 Å². The van der Waals surface area contributed by atoms with Gasteiger partial charge in [0, 0.05) is 13.4 Å². The van der Waals surface area contributed by atoms with Crippen LogP contribution in [0.1, 0.15) is 6.92 Å². The Balaban J connectivity index is 2.83. The molecular formula is C4H10O2S. The lowest BCUT2D eigenvalue weighted by Gasteiger charge is -2.05. The van der Waals surface area contributed by atoms with Gasteiger partial charge in [-0.1, -0.05) is 0 Å². The third kappa shape index (κ3) is 4.12. The van der Waals surface area contributed by atoms with Crippen LogP contribution in [0.5, 0.6) is 0 Å². The molecule has 3 heteroatoms. The maximum absolute atomic E-state index is 4.89. The monoisotopic (exact) mass is 122 g/mol. The molecule has 1 unspecified atom stereocenters. The van der Waals surface area contributed by atoms with Crippen LogP contribution in [0.4, 0.5) is 0 Å². The van der Waals surface area contributed by atoms with Gasteiger partial charge in [-0.25, -0.2) is 0 Å². The number of methoxy groups -OCH3 is 1. The van der Waals surface area contributed by atoms with Gasteiger partial charge in [-0.3, -0.25) is 4.18 Å². The molecule has 0 aliphatic carbocycles. The molecule has 0 aromatic heterocycles. The van der Waals surface area contributed by atoms with E-state index >= 15 is 0 Å². The fourth-order valence-electron chi connectivity index (χ4n) is 0.175. The SMILES string of the molecule is COC(C)OSC. The molecule has 0 aliphatic heterocycles. The van der Waals surface area contributed by atoms with E-state index in [1.54, 1.807) is 7.11 Å². The van der Waals surface area contributed by atoms with E-state index in [1.165, 1.54) is 12.0 Å². The van der Waals surface area contributed by atoms with Crippen molar-refractivity contribution in [1.29, 1.82) is 0 Å². The molecule has 0 aromatic carbocycles. The first kappa shape index (κ1) is 7.27. The van der Waals surface area contributed by atoms with Crippen LogP contribution in [-0.2, 0) is 8.92 Å². The summed E-state index contributed by atoms with van der Waals surface area (Å²) in [6, 6.07) is 0. The molecule has 0 bridgehead atoms. The summed E-state index contributed by atoms with van der Waals surface area (Å²) in [5, 5.41) is 0. The molecule has 7 heavy (non-hydrogen) atoms. The van der Waals surface area contributed by atoms with Gasteiger partial charge in [-0.2, -0.15) is 0 Å². The van der Waals surface area contributed by atoms with Gasteiger partial charge in [0.1, 0.15) is 0 Å². The predicted octanol–water partition coefficient (Wildman–Crippen LogP) is 1.27. The minimum atomic E-state index is -0.0880. The molecule has 0 aliphatic rings. The Morgan fingerprint density at radius 3 is 2.29 bits per heavy atom. The largest absolute Gasteiger partial charge is 0.355 e. The lowest BCUT2D eigenvalue weighted by atomic mass is 10.8. The lowest BCUT2D eigenvalue weighted by Crippen LogP contribution is -2.03. The van der Waals surface area contributed by atoms with Gasteiger partial charge in [0.05, 0.1) is 0 Å². The summed E-state index contributed by atoms with van der Waals surface area (Å²) in [6.45, 7) is 1.84. The van der Waals surface area contributed by atoms with E-state index in [4.69, 9.17) is 8.92 Å². The van der Waals surface area contributed by atoms with Gasteiger partial charge in [0.25, 0.3) is 0 Å². The maximum atomic E-state index is 4.89. The van der Waals surface area contributed by atoms with Crippen LogP contribution in [-0.4, -0.2) is 19.7 Å². The van der Waals surface area contributed by atoms with Crippen molar-refractivity contribution in [2.24, 2.45) is 0 Å². The van der Waals surface area contributed by atoms with Crippen LogP contribution in [0.3, 0.4) is 0 Å². The Hall–Kier alpha value is 0.270. The first-order valence-electron chi connectivity index (χ1n) is 2.03. The minimum Gasteiger partial charge on any atom is -0.355 e. The summed E-state index contributed by atoms with van der Waals surface area (Å²) in [5.74, 6) is 0. The van der Waals surface area contributed by atoms with Crippen molar-refractivity contribution >= 4 is 12.0 Å². The second-order valence-electron chi connectivity index (χ2n) is 1.07. The van der Waals surface area contributed by atoms with Crippen LogP contribution in [0, 0.1) is 0 Å². The summed E-state index contributed by atoms with van der Waals surface area (Å²) < 4.78 is 9.63. The van der Waals surface area contributed by atoms with Crippen molar-refractivity contribution in [3.63, 3.8) is 0 Å². The third-order valence-electron chi connectivity index (χ3n) is 0.564. The number of ether oxygens (including phenoxy) is 1. The highest BCUT2D eigenvalue weighted by Gasteiger charge is 1.93. The number of hydrogen-bond acceptors (Lipinski definition) is 3. The number of rotatable bonds is 3. The van der Waals surface area contributed by atoms with Crippen LogP contribution < -0.4 is 0 Å². The van der Waals surface area contributed by atoms with E-state index in [0.717, 1.165) is 0 Å². The lowest BCUT2D eigenvalue weighted by molar-refractivity contribution is -0.0243. The summed E-state index contributed by atoms with van der Waals surface area (Å²) in [4.78, 5) is 0. The molecule has 0 spiro atoms. The highest BCUT2D eigenvalue weighted by atomic mass is 32.2. The molecule has 0 amide bonds. The Labute approximate surface area is 48.4 Å². The second-order valence-corrected chi connectivity index (χ2v) is 1.59. The quantitative estimate of drug-likeness (QED) is 0.415. The Bertz CT molecular complexity index is 40.7. The van der Waals surface area contributed by atoms with E-state index in [2.05, 4.69) is 0 Å². The van der Waals surface area contributed by atoms with E-state index in [0.29, 0.717) is 0 Å². The molecule has 2 nitrogen and oxygen atoms in total. The van der Waals surface area contributed by atoms with E-state index < -0.39 is 0 Å². The molecule has 0 saturated heterocycles. The van der Waals surface area contributed by atoms with Crippen LogP contribution >= 0.6 is 12.0 Å². The second kappa shape index (κ2) is 4.43. The van der Waals surface area contributed by atoms with Gasteiger partial charge >= 0.3 is 0 Å². The fraction of sp³-hybridized carbons (Fsp3) is 1.00. The molecule has 44 valence electrons. The fourth-order valence-corrected chi connectivity index (χ4v) is 0.524. The van der Waals surface area contributed by atoms with Crippen molar-refractivity contribution in [1.82, 2.24) is 0 Å². The smallest absolute Gasteiger partial charge is 0.167 e. The maximum Gasteiger partial charge on any atom is 0.167 e. The van der Waals surface area contributed by atoms with E-state index in [9.17, 15) is 0 Å². The van der Waals surface area contributed by atoms with Crippen molar-refractivity contribution in [3.05, 3.63) is 0 Å². The molecular weight excluding hydrogens is 112 g/mol. The minimum absolute atomic E-state index is 0.0880. The normalized spacial score (nSPS) is 14.1. The molecule has 0 radical (unpaired) electrons. The standard InChI is InChI=1S/C4H10O2S/c1-4(5-2)6-7-3/h4H,1-3H3. The molecule has 0 N–H and O–H groups in total. The summed E-state index contributed by atoms with van der Waals surface area (Å²) >= 11 is 1.31. The third-order valence-corrected chi connectivity index (χ3v) is 1.03. The van der Waals surface area contributed by atoms with Gasteiger partial charge in [0.2, 0.25) is 0 Å². The zero-order valence-corrected chi connectivity index (χ0v) is 5.62. The van der Waals surface area contributed by atoms with Gasteiger partial charge in [-0.05, 0) is 19.0 Å². The van der Waals surface area contributed by atoms with E-state index in [1.807, 2.05) is 13.2 Å². The highest BCUT2D eigenvalue weighted by molar-refractivity contribution is 7.93. The molecule has 0 heterocycles. The van der Waals surface area contributed by atoms with Gasteiger partial charge in [-0.15, -0.1) is 0 Å². The highest BCUT2D eigenvalue weighted by Crippen LogP contribution is 2.00. The summed E-state index contributed by atoms with van der Waals surface area (Å²) in [5.41, 5.74) is 0. The summed E-state index contributed by atoms with van der Waals surface area (Å²) in [7, 11) is 1.61. The molecule has 0 fully saturated rings. The van der Waals surface area contributed by atoms with Crippen molar-refractivity contribution in [2.45, 2.75) is 13.2 Å². The molecule has 0 saturated carbocycles. The molecule has 0 rings (SSSR count). The Morgan fingerprint density at radius 2 is 2.14 bits per heavy atom. The van der Waals surface area contributed by atoms with Gasteiger partial charge < -0.3 is 4.74 Å². The van der Waals surface area contributed by atoms with E-state index in [-0.39, 0.29) is 6.29 Å².